The first-order valence-corrected chi connectivity index (χ1v) is 7.63. The van der Waals surface area contributed by atoms with Crippen LogP contribution in [0.5, 0.6) is 0 Å². The molecule has 1 atom stereocenters. The zero-order valence-electron chi connectivity index (χ0n) is 11.8. The fourth-order valence-corrected chi connectivity index (χ4v) is 4.28. The van der Waals surface area contributed by atoms with Gasteiger partial charge in [0.2, 0.25) is 0 Å². The van der Waals surface area contributed by atoms with E-state index in [1.54, 1.807) is 0 Å². The van der Waals surface area contributed by atoms with Crippen LogP contribution in [0, 0.1) is 13.8 Å². The van der Waals surface area contributed by atoms with Gasteiger partial charge in [-0.05, 0) is 52.1 Å². The molecule has 1 aliphatic carbocycles. The zero-order valence-corrected chi connectivity index (χ0v) is 12.8. The molecule has 3 heteroatoms. The van der Waals surface area contributed by atoms with Crippen LogP contribution < -0.4 is 0 Å². The van der Waals surface area contributed by atoms with E-state index in [0.717, 1.165) is 16.7 Å². The molecule has 0 spiro atoms. The third kappa shape index (κ3) is 3.96. The molecule has 0 heterocycles. The number of aryl methyl sites for hydroxylation is 2. The van der Waals surface area contributed by atoms with Crippen LogP contribution in [-0.4, -0.2) is 30.0 Å². The Morgan fingerprint density at radius 1 is 1.11 bits per heavy atom. The van der Waals surface area contributed by atoms with E-state index in [1.807, 2.05) is 32.0 Å². The minimum absolute atomic E-state index is 0. The predicted molar refractivity (Wildman–Crippen MR) is 81.2 cm³/mol. The topological polar surface area (TPSA) is 17.1 Å². The molecule has 1 unspecified atom stereocenters. The van der Waals surface area contributed by atoms with Crippen molar-refractivity contribution in [2.45, 2.75) is 51.6 Å². The Bertz CT molecular complexity index is 391. The van der Waals surface area contributed by atoms with Gasteiger partial charge in [-0.2, -0.15) is 0 Å². The van der Waals surface area contributed by atoms with E-state index in [9.17, 15) is 4.79 Å². The van der Waals surface area contributed by atoms with Gasteiger partial charge in [0.05, 0.1) is 0 Å². The van der Waals surface area contributed by atoms with Crippen molar-refractivity contribution in [2.24, 2.45) is 0 Å². The minimum atomic E-state index is 0. The second-order valence-corrected chi connectivity index (χ2v) is 6.63. The summed E-state index contributed by atoms with van der Waals surface area (Å²) in [4.78, 5) is 12.4. The van der Waals surface area contributed by atoms with Gasteiger partial charge >= 0.3 is 0 Å². The van der Waals surface area contributed by atoms with Crippen LogP contribution in [-0.2, 0) is 0 Å². The van der Waals surface area contributed by atoms with Crippen molar-refractivity contribution in [1.29, 1.82) is 0 Å². The van der Waals surface area contributed by atoms with Crippen LogP contribution in [0.2, 0.25) is 0 Å². The van der Waals surface area contributed by atoms with Crippen molar-refractivity contribution >= 4 is 33.0 Å². The number of carbonyl (C=O) groups excluding carboxylic acids is 1. The number of hydrogen-bond donors (Lipinski definition) is 0. The van der Waals surface area contributed by atoms with E-state index >= 15 is 0 Å². The van der Waals surface area contributed by atoms with Crippen molar-refractivity contribution in [3.05, 3.63) is 34.9 Å². The van der Waals surface area contributed by atoms with Crippen molar-refractivity contribution in [3.8, 4) is 0 Å². The smallest absolute Gasteiger partial charge is 0.181 e. The minimum Gasteiger partial charge on any atom is -0.289 e. The standard InChI is InChI=1S/C15H21OP.Li/c1-11-7-6-8-12(2)14(11)15(16)17-13-9-4-3-5-10-13;/h6-8,13,17H,3-5,9-10H2,1-2H3;. The summed E-state index contributed by atoms with van der Waals surface area (Å²) >= 11 is 0. The first-order valence-electron chi connectivity index (χ1n) is 6.55. The molecule has 0 saturated heterocycles. The van der Waals surface area contributed by atoms with Gasteiger partial charge in [0.1, 0.15) is 0 Å². The van der Waals surface area contributed by atoms with E-state index in [4.69, 9.17) is 0 Å². The summed E-state index contributed by atoms with van der Waals surface area (Å²) in [7, 11) is 0.487. The maximum atomic E-state index is 12.4. The van der Waals surface area contributed by atoms with Crippen LogP contribution in [0.4, 0.5) is 0 Å². The van der Waals surface area contributed by atoms with Gasteiger partial charge in [-0.15, -0.1) is 0 Å². The van der Waals surface area contributed by atoms with Crippen LogP contribution >= 0.6 is 8.58 Å². The van der Waals surface area contributed by atoms with E-state index in [2.05, 4.69) is 0 Å². The Hall–Kier alpha value is -0.0826. The van der Waals surface area contributed by atoms with Crippen LogP contribution in [0.3, 0.4) is 0 Å². The molecule has 2 rings (SSSR count). The Labute approximate surface area is 124 Å². The van der Waals surface area contributed by atoms with E-state index in [-0.39, 0.29) is 18.9 Å². The SMILES string of the molecule is Cc1cccc(C)c1C(=O)PC1CCCCC1.[Li]. The van der Waals surface area contributed by atoms with E-state index in [1.165, 1.54) is 32.1 Å². The molecule has 93 valence electrons. The third-order valence-corrected chi connectivity index (χ3v) is 5.15. The van der Waals surface area contributed by atoms with Gasteiger partial charge in [-0.1, -0.05) is 37.5 Å². The van der Waals surface area contributed by atoms with E-state index in [0.29, 0.717) is 19.8 Å². The number of benzene rings is 1. The molecule has 18 heavy (non-hydrogen) atoms. The van der Waals surface area contributed by atoms with Crippen molar-refractivity contribution < 1.29 is 4.79 Å². The average molecular weight is 255 g/mol. The molecule has 1 aromatic carbocycles. The van der Waals surface area contributed by atoms with Crippen molar-refractivity contribution in [1.82, 2.24) is 0 Å². The normalized spacial score (nSPS) is 16.8. The summed E-state index contributed by atoms with van der Waals surface area (Å²) in [6, 6.07) is 6.13. The predicted octanol–water partition coefficient (Wildman–Crippen LogP) is 4.07. The molecule has 1 fully saturated rings. The van der Waals surface area contributed by atoms with E-state index < -0.39 is 0 Å². The summed E-state index contributed by atoms with van der Waals surface area (Å²) in [6.07, 6.45) is 6.51. The quantitative estimate of drug-likeness (QED) is 0.587. The third-order valence-electron chi connectivity index (χ3n) is 3.65. The molecule has 1 saturated carbocycles. The molecule has 1 aliphatic rings. The molecule has 1 aromatic rings. The molecule has 0 N–H and O–H groups in total. The van der Waals surface area contributed by atoms with Gasteiger partial charge in [-0.25, -0.2) is 0 Å². The fourth-order valence-electron chi connectivity index (χ4n) is 2.68. The van der Waals surface area contributed by atoms with Gasteiger partial charge in [0.15, 0.2) is 5.52 Å². The average Bonchev–Trinajstić information content (AvgIpc) is 2.30. The van der Waals surface area contributed by atoms with Gasteiger partial charge in [0.25, 0.3) is 0 Å². The molecule has 1 nitrogen and oxygen atoms in total. The van der Waals surface area contributed by atoms with Gasteiger partial charge in [0, 0.05) is 24.4 Å². The Kier molecular flexibility index (Phi) is 6.65. The van der Waals surface area contributed by atoms with Crippen molar-refractivity contribution in [3.63, 3.8) is 0 Å². The summed E-state index contributed by atoms with van der Waals surface area (Å²) in [5.74, 6) is 0. The molecule has 0 aliphatic heterocycles. The second-order valence-electron chi connectivity index (χ2n) is 5.08. The molecule has 1 radical (unpaired) electrons. The van der Waals surface area contributed by atoms with Crippen LogP contribution in [0.1, 0.15) is 53.6 Å². The summed E-state index contributed by atoms with van der Waals surface area (Å²) < 4.78 is 0. The number of hydrogen-bond acceptors (Lipinski definition) is 1. The molecule has 0 amide bonds. The summed E-state index contributed by atoms with van der Waals surface area (Å²) in [5, 5.41) is 0. The largest absolute Gasteiger partial charge is 0.289 e. The van der Waals surface area contributed by atoms with Crippen LogP contribution in [0.25, 0.3) is 0 Å². The summed E-state index contributed by atoms with van der Waals surface area (Å²) in [5.41, 5.74) is 4.30. The Balaban J connectivity index is 0.00000162. The Morgan fingerprint density at radius 3 is 2.22 bits per heavy atom. The molecular formula is C15H21LiOP. The molecular weight excluding hydrogens is 234 g/mol. The maximum absolute atomic E-state index is 12.4. The maximum Gasteiger partial charge on any atom is 0.181 e. The first kappa shape index (κ1) is 16.0. The fraction of sp³-hybridized carbons (Fsp3) is 0.533. The monoisotopic (exact) mass is 255 g/mol. The number of rotatable bonds is 3. The first-order chi connectivity index (χ1) is 8.18. The van der Waals surface area contributed by atoms with Crippen LogP contribution in [0.15, 0.2) is 18.2 Å². The Morgan fingerprint density at radius 2 is 1.67 bits per heavy atom. The van der Waals surface area contributed by atoms with Crippen molar-refractivity contribution in [2.75, 3.05) is 0 Å². The second kappa shape index (κ2) is 7.49. The molecule has 0 aromatic heterocycles. The zero-order chi connectivity index (χ0) is 12.3. The summed E-state index contributed by atoms with van der Waals surface area (Å²) in [6.45, 7) is 4.09. The molecule has 0 bridgehead atoms. The number of carbonyl (C=O) groups is 1. The van der Waals surface area contributed by atoms with Gasteiger partial charge in [-0.3, -0.25) is 4.79 Å². The van der Waals surface area contributed by atoms with Gasteiger partial charge < -0.3 is 0 Å².